The second-order valence-corrected chi connectivity index (χ2v) is 9.96. The largest absolute Gasteiger partial charge is 0.372 e. The van der Waals surface area contributed by atoms with Gasteiger partial charge in [-0.1, -0.05) is 24.3 Å². The van der Waals surface area contributed by atoms with E-state index >= 15 is 0 Å². The summed E-state index contributed by atoms with van der Waals surface area (Å²) in [4.78, 5) is 15.2. The Bertz CT molecular complexity index is 997. The molecule has 3 rings (SSSR count). The number of hydrogen-bond donors (Lipinski definition) is 1. The van der Waals surface area contributed by atoms with E-state index in [0.717, 1.165) is 36.0 Å². The number of amides is 1. The van der Waals surface area contributed by atoms with Gasteiger partial charge in [0.05, 0.1) is 11.9 Å². The van der Waals surface area contributed by atoms with Crippen molar-refractivity contribution in [2.24, 2.45) is 0 Å². The van der Waals surface area contributed by atoms with E-state index in [1.54, 1.807) is 13.0 Å². The van der Waals surface area contributed by atoms with E-state index in [4.69, 9.17) is 0 Å². The monoisotopic (exact) mass is 429 g/mol. The zero-order valence-electron chi connectivity index (χ0n) is 18.2. The predicted molar refractivity (Wildman–Crippen MR) is 122 cm³/mol. The Kier molecular flexibility index (Phi) is 6.71. The van der Waals surface area contributed by atoms with Crippen molar-refractivity contribution >= 4 is 27.3 Å². The van der Waals surface area contributed by atoms with Crippen LogP contribution in [0.1, 0.15) is 36.5 Å². The van der Waals surface area contributed by atoms with Gasteiger partial charge in [-0.05, 0) is 68.5 Å². The van der Waals surface area contributed by atoms with Crippen LogP contribution in [-0.4, -0.2) is 39.7 Å². The van der Waals surface area contributed by atoms with Crippen LogP contribution in [-0.2, 0) is 21.4 Å². The van der Waals surface area contributed by atoms with E-state index in [9.17, 15) is 13.2 Å². The van der Waals surface area contributed by atoms with Crippen molar-refractivity contribution in [3.8, 4) is 0 Å². The minimum Gasteiger partial charge on any atom is -0.372 e. The predicted octanol–water partition coefficient (Wildman–Crippen LogP) is 3.37. The maximum absolute atomic E-state index is 12.8. The van der Waals surface area contributed by atoms with Gasteiger partial charge in [0.25, 0.3) is 0 Å². The molecule has 2 aromatic rings. The molecule has 1 amide bonds. The number of aryl methyl sites for hydroxylation is 2. The van der Waals surface area contributed by atoms with Gasteiger partial charge < -0.3 is 10.2 Å². The molecular formula is C23H31N3O3S. The van der Waals surface area contributed by atoms with Crippen LogP contribution in [0.5, 0.6) is 0 Å². The SMILES string of the molecule is Cc1ccc(C)c(N([C@H](C)C(=O)NCc2ccc(N3CCCC3)cc2)S(C)(=O)=O)c1. The number of nitrogens with one attached hydrogen (secondary N) is 1. The second kappa shape index (κ2) is 9.08. The van der Waals surface area contributed by atoms with Gasteiger partial charge in [-0.3, -0.25) is 9.10 Å². The van der Waals surface area contributed by atoms with E-state index in [1.165, 1.54) is 22.8 Å². The maximum atomic E-state index is 12.8. The molecule has 2 aromatic carbocycles. The third kappa shape index (κ3) is 5.14. The molecule has 0 bridgehead atoms. The molecule has 0 saturated carbocycles. The van der Waals surface area contributed by atoms with Crippen molar-refractivity contribution in [1.29, 1.82) is 0 Å². The maximum Gasteiger partial charge on any atom is 0.243 e. The molecule has 1 saturated heterocycles. The molecule has 1 aliphatic heterocycles. The summed E-state index contributed by atoms with van der Waals surface area (Å²) in [5.74, 6) is -0.329. The minimum atomic E-state index is -3.63. The minimum absolute atomic E-state index is 0.329. The van der Waals surface area contributed by atoms with Crippen LogP contribution in [0.25, 0.3) is 0 Å². The number of anilines is 2. The lowest BCUT2D eigenvalue weighted by atomic mass is 10.1. The standard InChI is InChI=1S/C23H31N3O3S/c1-17-7-8-18(2)22(15-17)26(30(4,28)29)19(3)23(27)24-16-20-9-11-21(12-10-20)25-13-5-6-14-25/h7-12,15,19H,5-6,13-14,16H2,1-4H3,(H,24,27)/t19-/m1/s1. The zero-order valence-corrected chi connectivity index (χ0v) is 19.0. The number of carbonyl (C=O) groups excluding carboxylic acids is 1. The normalized spacial score (nSPS) is 15.1. The number of nitrogens with zero attached hydrogens (tertiary/aromatic N) is 2. The average molecular weight is 430 g/mol. The summed E-state index contributed by atoms with van der Waals surface area (Å²) in [5, 5.41) is 2.89. The molecule has 0 unspecified atom stereocenters. The lowest BCUT2D eigenvalue weighted by Gasteiger charge is -2.29. The molecule has 1 fully saturated rings. The van der Waals surface area contributed by atoms with E-state index in [2.05, 4.69) is 22.3 Å². The Balaban J connectivity index is 1.70. The fraction of sp³-hybridized carbons (Fsp3) is 0.435. The molecule has 6 nitrogen and oxygen atoms in total. The highest BCUT2D eigenvalue weighted by Gasteiger charge is 2.30. The first-order valence-electron chi connectivity index (χ1n) is 10.3. The highest BCUT2D eigenvalue weighted by atomic mass is 32.2. The molecule has 1 N–H and O–H groups in total. The highest BCUT2D eigenvalue weighted by Crippen LogP contribution is 2.26. The fourth-order valence-electron chi connectivity index (χ4n) is 3.87. The lowest BCUT2D eigenvalue weighted by Crippen LogP contribution is -2.48. The molecule has 1 aliphatic rings. The first kappa shape index (κ1) is 22.2. The third-order valence-electron chi connectivity index (χ3n) is 5.56. The summed E-state index contributed by atoms with van der Waals surface area (Å²) in [5.41, 5.74) is 4.47. The van der Waals surface area contributed by atoms with E-state index in [0.29, 0.717) is 12.2 Å². The molecule has 7 heteroatoms. The highest BCUT2D eigenvalue weighted by molar-refractivity contribution is 7.92. The van der Waals surface area contributed by atoms with Crippen LogP contribution < -0.4 is 14.5 Å². The lowest BCUT2D eigenvalue weighted by molar-refractivity contribution is -0.122. The van der Waals surface area contributed by atoms with Crippen molar-refractivity contribution < 1.29 is 13.2 Å². The van der Waals surface area contributed by atoms with Crippen LogP contribution in [0.4, 0.5) is 11.4 Å². The van der Waals surface area contributed by atoms with Gasteiger partial charge in [0.1, 0.15) is 6.04 Å². The van der Waals surface area contributed by atoms with E-state index in [1.807, 2.05) is 38.1 Å². The van der Waals surface area contributed by atoms with Crippen LogP contribution in [0.2, 0.25) is 0 Å². The smallest absolute Gasteiger partial charge is 0.243 e. The number of carbonyl (C=O) groups is 1. The van der Waals surface area contributed by atoms with Gasteiger partial charge in [0, 0.05) is 25.3 Å². The third-order valence-corrected chi connectivity index (χ3v) is 6.79. The van der Waals surface area contributed by atoms with Crippen LogP contribution >= 0.6 is 0 Å². The molecule has 1 heterocycles. The van der Waals surface area contributed by atoms with Crippen molar-refractivity contribution in [3.05, 3.63) is 59.2 Å². The Morgan fingerprint density at radius 2 is 1.73 bits per heavy atom. The first-order chi connectivity index (χ1) is 14.2. The zero-order chi connectivity index (χ0) is 21.9. The number of hydrogen-bond acceptors (Lipinski definition) is 4. The van der Waals surface area contributed by atoms with Gasteiger partial charge >= 0.3 is 0 Å². The summed E-state index contributed by atoms with van der Waals surface area (Å²) in [6.07, 6.45) is 3.59. The summed E-state index contributed by atoms with van der Waals surface area (Å²) >= 11 is 0. The summed E-state index contributed by atoms with van der Waals surface area (Å²) in [6.45, 7) is 7.91. The molecule has 162 valence electrons. The Morgan fingerprint density at radius 3 is 2.33 bits per heavy atom. The van der Waals surface area contributed by atoms with Gasteiger partial charge in [0.2, 0.25) is 15.9 Å². The summed E-state index contributed by atoms with van der Waals surface area (Å²) in [6, 6.07) is 12.9. The first-order valence-corrected chi connectivity index (χ1v) is 12.2. The van der Waals surface area contributed by atoms with Gasteiger partial charge in [-0.2, -0.15) is 0 Å². The molecule has 0 radical (unpaired) electrons. The van der Waals surface area contributed by atoms with Crippen molar-refractivity contribution in [3.63, 3.8) is 0 Å². The molecule has 1 atom stereocenters. The van der Waals surface area contributed by atoms with Crippen LogP contribution in [0, 0.1) is 13.8 Å². The number of rotatable bonds is 7. The summed E-state index contributed by atoms with van der Waals surface area (Å²) in [7, 11) is -3.63. The Labute approximate surface area is 179 Å². The van der Waals surface area contributed by atoms with Crippen LogP contribution in [0.15, 0.2) is 42.5 Å². The van der Waals surface area contributed by atoms with Crippen molar-refractivity contribution in [2.45, 2.75) is 46.2 Å². The average Bonchev–Trinajstić information content (AvgIpc) is 3.23. The van der Waals surface area contributed by atoms with Crippen molar-refractivity contribution in [1.82, 2.24) is 5.32 Å². The van der Waals surface area contributed by atoms with Gasteiger partial charge in [-0.25, -0.2) is 8.42 Å². The summed E-state index contributed by atoms with van der Waals surface area (Å²) < 4.78 is 26.2. The Hall–Kier alpha value is -2.54. The van der Waals surface area contributed by atoms with Crippen LogP contribution in [0.3, 0.4) is 0 Å². The number of benzene rings is 2. The quantitative estimate of drug-likeness (QED) is 0.733. The second-order valence-electron chi connectivity index (χ2n) is 8.10. The van der Waals surface area contributed by atoms with Gasteiger partial charge in [0.15, 0.2) is 0 Å². The molecule has 0 aromatic heterocycles. The molecular weight excluding hydrogens is 398 g/mol. The van der Waals surface area contributed by atoms with E-state index in [-0.39, 0.29) is 5.91 Å². The Morgan fingerprint density at radius 1 is 1.10 bits per heavy atom. The molecule has 0 aliphatic carbocycles. The fourth-order valence-corrected chi connectivity index (χ4v) is 5.10. The number of sulfonamides is 1. The molecule has 0 spiro atoms. The molecule has 30 heavy (non-hydrogen) atoms. The van der Waals surface area contributed by atoms with E-state index < -0.39 is 16.1 Å². The van der Waals surface area contributed by atoms with Crippen molar-refractivity contribution in [2.75, 3.05) is 28.6 Å². The van der Waals surface area contributed by atoms with Gasteiger partial charge in [-0.15, -0.1) is 0 Å². The topological polar surface area (TPSA) is 69.7 Å².